The summed E-state index contributed by atoms with van der Waals surface area (Å²) in [5.74, 6) is 1.15. The minimum atomic E-state index is 0.233. The zero-order valence-electron chi connectivity index (χ0n) is 28.0. The summed E-state index contributed by atoms with van der Waals surface area (Å²) >= 11 is 1.73. The van der Waals surface area contributed by atoms with E-state index in [1.807, 2.05) is 19.2 Å². The third kappa shape index (κ3) is 8.16. The van der Waals surface area contributed by atoms with E-state index in [9.17, 15) is 10.7 Å². The number of nitriles is 1. The van der Waals surface area contributed by atoms with Gasteiger partial charge in [-0.05, 0) is 103 Å². The lowest BCUT2D eigenvalue weighted by atomic mass is 9.78. The van der Waals surface area contributed by atoms with Gasteiger partial charge in [-0.3, -0.25) is 4.99 Å². The van der Waals surface area contributed by atoms with Gasteiger partial charge in [-0.2, -0.15) is 5.26 Å². The van der Waals surface area contributed by atoms with Crippen molar-refractivity contribution in [2.75, 3.05) is 39.8 Å². The minimum Gasteiger partial charge on any atom is -0.353 e. The monoisotopic (exact) mass is 617 g/mol. The van der Waals surface area contributed by atoms with Crippen molar-refractivity contribution in [3.8, 4) is 6.07 Å². The van der Waals surface area contributed by atoms with Gasteiger partial charge in [0.05, 0.1) is 17.8 Å². The highest BCUT2D eigenvalue weighted by Crippen LogP contribution is 2.43. The Bertz CT molecular complexity index is 1290. The van der Waals surface area contributed by atoms with Crippen LogP contribution in [0.5, 0.6) is 0 Å². The number of fused-ring (bicyclic) bond motifs is 1. The number of aliphatic imine (C=N–C) groups is 2. The molecule has 1 saturated carbocycles. The highest BCUT2D eigenvalue weighted by atomic mass is 32.1. The third-order valence-corrected chi connectivity index (χ3v) is 11.1. The molecule has 8 heteroatoms. The van der Waals surface area contributed by atoms with Crippen LogP contribution in [-0.4, -0.2) is 79.3 Å². The van der Waals surface area contributed by atoms with Crippen LogP contribution in [-0.2, 0) is 6.42 Å². The van der Waals surface area contributed by atoms with E-state index in [0.29, 0.717) is 18.3 Å². The quantitative estimate of drug-likeness (QED) is 0.238. The molecular weight excluding hydrogens is 563 g/mol. The van der Waals surface area contributed by atoms with E-state index in [1.165, 1.54) is 48.2 Å². The van der Waals surface area contributed by atoms with Crippen LogP contribution in [0.3, 0.4) is 0 Å². The molecule has 240 valence electrons. The number of nitrogens with one attached hydrogen (secondary N) is 2. The Morgan fingerprint density at radius 1 is 1.25 bits per heavy atom. The maximum Gasteiger partial charge on any atom is 0.129 e. The van der Waals surface area contributed by atoms with Gasteiger partial charge in [-0.15, -0.1) is 11.3 Å². The standard InChI is InChI=1S/C34H49N7S.C2H6/c1-5-8-28(24(2)29-10-6-11-31-33(29)25(20-35)22-42-31)30(36)21-38-26(12-13-27-9-7-17-40(27)4)19-32(37-3)41-18-16-39-34(23-41)14-15-34;1-2/h19,22,27,29,36,39H,3,5-18,21,23H2,1-2,4H3;1-2H3/b28-24+,32-19+,36-30?,38-26?;/t27?,29-;/m1./s1. The van der Waals surface area contributed by atoms with Crippen LogP contribution in [0, 0.1) is 16.7 Å². The van der Waals surface area contributed by atoms with Crippen LogP contribution in [0.15, 0.2) is 38.4 Å². The lowest BCUT2D eigenvalue weighted by Gasteiger charge is -2.35. The Morgan fingerprint density at radius 2 is 2.05 bits per heavy atom. The van der Waals surface area contributed by atoms with Gasteiger partial charge in [-0.1, -0.05) is 32.8 Å². The molecule has 1 aromatic heterocycles. The van der Waals surface area contributed by atoms with Gasteiger partial charge >= 0.3 is 0 Å². The topological polar surface area (TPSA) is 90.9 Å². The van der Waals surface area contributed by atoms with Crippen molar-refractivity contribution >= 4 is 29.5 Å². The molecule has 0 radical (unpaired) electrons. The second-order valence-corrected chi connectivity index (χ2v) is 13.8. The van der Waals surface area contributed by atoms with Crippen LogP contribution in [0.1, 0.15) is 114 Å². The summed E-state index contributed by atoms with van der Waals surface area (Å²) in [5.41, 5.74) is 6.36. The summed E-state index contributed by atoms with van der Waals surface area (Å²) in [4.78, 5) is 15.8. The minimum absolute atomic E-state index is 0.233. The molecule has 0 bridgehead atoms. The van der Waals surface area contributed by atoms with E-state index in [-0.39, 0.29) is 11.5 Å². The molecule has 0 aromatic carbocycles. The van der Waals surface area contributed by atoms with Gasteiger partial charge in [0.2, 0.25) is 0 Å². The van der Waals surface area contributed by atoms with Crippen LogP contribution in [0.4, 0.5) is 0 Å². The fourth-order valence-electron chi connectivity index (χ4n) is 7.31. The van der Waals surface area contributed by atoms with Gasteiger partial charge in [0, 0.05) is 59.2 Å². The molecule has 3 fully saturated rings. The first-order valence-corrected chi connectivity index (χ1v) is 18.0. The Balaban J connectivity index is 0.00000216. The molecule has 4 aliphatic rings. The molecule has 5 rings (SSSR count). The molecule has 1 unspecified atom stereocenters. The van der Waals surface area contributed by atoms with Crippen molar-refractivity contribution in [2.24, 2.45) is 9.98 Å². The van der Waals surface area contributed by atoms with E-state index in [4.69, 9.17) is 4.99 Å². The van der Waals surface area contributed by atoms with E-state index in [2.05, 4.69) is 59.9 Å². The average molecular weight is 618 g/mol. The normalized spacial score (nSPS) is 23.8. The zero-order chi connectivity index (χ0) is 31.7. The summed E-state index contributed by atoms with van der Waals surface area (Å²) in [6.07, 6.45) is 14.2. The van der Waals surface area contributed by atoms with Gasteiger partial charge < -0.3 is 20.5 Å². The van der Waals surface area contributed by atoms with Crippen molar-refractivity contribution < 1.29 is 0 Å². The second-order valence-electron chi connectivity index (χ2n) is 12.8. The van der Waals surface area contributed by atoms with Crippen LogP contribution >= 0.6 is 11.3 Å². The zero-order valence-corrected chi connectivity index (χ0v) is 28.8. The first-order valence-electron chi connectivity index (χ1n) is 17.1. The average Bonchev–Trinajstić information content (AvgIpc) is 3.44. The van der Waals surface area contributed by atoms with Gasteiger partial charge in [0.25, 0.3) is 0 Å². The number of thiophene rings is 1. The highest BCUT2D eigenvalue weighted by molar-refractivity contribution is 7.10. The molecule has 2 N–H and O–H groups in total. The molecule has 2 aliphatic carbocycles. The Morgan fingerprint density at radius 3 is 2.70 bits per heavy atom. The summed E-state index contributed by atoms with van der Waals surface area (Å²) in [5, 5.41) is 24.8. The summed E-state index contributed by atoms with van der Waals surface area (Å²) in [6.45, 7) is 16.8. The number of hydrogen-bond donors (Lipinski definition) is 2. The second kappa shape index (κ2) is 16.1. The summed E-state index contributed by atoms with van der Waals surface area (Å²) < 4.78 is 0. The fraction of sp³-hybridized carbons (Fsp3) is 0.667. The maximum absolute atomic E-state index is 9.80. The number of aryl methyl sites for hydroxylation is 1. The lowest BCUT2D eigenvalue weighted by Crippen LogP contribution is -2.51. The SMILES string of the molecule is C=N/C(=C\C(CCC1CCCN1C)=NCC(=N)/C(CCC)=C(\C)[C@H]1CCCc2scc(C#N)c21)N1CCNC2(CC2)C1.CC. The molecule has 0 amide bonds. The number of piperazine rings is 1. The number of rotatable bonds is 12. The molecule has 2 saturated heterocycles. The Labute approximate surface area is 270 Å². The van der Waals surface area contributed by atoms with Gasteiger partial charge in [0.1, 0.15) is 11.9 Å². The van der Waals surface area contributed by atoms with E-state index in [1.54, 1.807) is 11.3 Å². The van der Waals surface area contributed by atoms with Crippen molar-refractivity contribution in [3.63, 3.8) is 0 Å². The smallest absolute Gasteiger partial charge is 0.129 e. The van der Waals surface area contributed by atoms with Crippen LogP contribution < -0.4 is 5.32 Å². The lowest BCUT2D eigenvalue weighted by molar-refractivity contribution is 0.233. The molecule has 2 atom stereocenters. The van der Waals surface area contributed by atoms with E-state index < -0.39 is 0 Å². The molecule has 1 spiro atoms. The number of nitrogens with zero attached hydrogens (tertiary/aromatic N) is 5. The predicted octanol–water partition coefficient (Wildman–Crippen LogP) is 7.50. The van der Waals surface area contributed by atoms with E-state index in [0.717, 1.165) is 87.2 Å². The van der Waals surface area contributed by atoms with E-state index >= 15 is 0 Å². The fourth-order valence-corrected chi connectivity index (χ4v) is 8.40. The summed E-state index contributed by atoms with van der Waals surface area (Å²) in [7, 11) is 2.24. The largest absolute Gasteiger partial charge is 0.353 e. The van der Waals surface area contributed by atoms with Crippen LogP contribution in [0.2, 0.25) is 0 Å². The van der Waals surface area contributed by atoms with Crippen molar-refractivity contribution in [1.82, 2.24) is 15.1 Å². The molecule has 1 aromatic rings. The number of allylic oxidation sites excluding steroid dienone is 2. The third-order valence-electron chi connectivity index (χ3n) is 9.99. The molecule has 3 heterocycles. The molecule has 7 nitrogen and oxygen atoms in total. The van der Waals surface area contributed by atoms with Crippen molar-refractivity contribution in [3.05, 3.63) is 44.4 Å². The molecule has 2 aliphatic heterocycles. The number of hydrogen-bond acceptors (Lipinski definition) is 8. The van der Waals surface area contributed by atoms with Crippen LogP contribution in [0.25, 0.3) is 0 Å². The predicted molar refractivity (Wildman–Crippen MR) is 188 cm³/mol. The van der Waals surface area contributed by atoms with Crippen molar-refractivity contribution in [2.45, 2.75) is 116 Å². The van der Waals surface area contributed by atoms with Crippen molar-refractivity contribution in [1.29, 1.82) is 10.7 Å². The Kier molecular flexibility index (Phi) is 12.5. The Hall–Kier alpha value is -2.60. The van der Waals surface area contributed by atoms with Gasteiger partial charge in [-0.25, -0.2) is 4.99 Å². The first kappa shape index (κ1) is 34.3. The maximum atomic E-state index is 9.80. The summed E-state index contributed by atoms with van der Waals surface area (Å²) in [6, 6.07) is 3.03. The van der Waals surface area contributed by atoms with Gasteiger partial charge in [0.15, 0.2) is 0 Å². The molecule has 44 heavy (non-hydrogen) atoms. The molecular formula is C36H55N7S. The highest BCUT2D eigenvalue weighted by Gasteiger charge is 2.45. The number of likely N-dealkylation sites (tertiary alicyclic amines) is 1. The first-order chi connectivity index (χ1) is 21.4.